The van der Waals surface area contributed by atoms with E-state index in [-0.39, 0.29) is 12.5 Å². The number of nitrogens with two attached hydrogens (primary N) is 1. The first-order valence-electron chi connectivity index (χ1n) is 6.64. The second kappa shape index (κ2) is 6.57. The largest absolute Gasteiger partial charge is 0.398 e. The first-order chi connectivity index (χ1) is 8.81. The van der Waals surface area contributed by atoms with Crippen molar-refractivity contribution in [3.05, 3.63) is 28.8 Å². The van der Waals surface area contributed by atoms with Crippen molar-refractivity contribution in [1.29, 1.82) is 0 Å². The molecule has 0 aromatic heterocycles. The summed E-state index contributed by atoms with van der Waals surface area (Å²) in [7, 11) is 0. The van der Waals surface area contributed by atoms with Gasteiger partial charge in [0.15, 0.2) is 0 Å². The van der Waals surface area contributed by atoms with Gasteiger partial charge in [0.25, 0.3) is 5.91 Å². The van der Waals surface area contributed by atoms with Gasteiger partial charge in [0.1, 0.15) is 0 Å². The molecule has 0 aliphatic carbocycles. The lowest BCUT2D eigenvalue weighted by Crippen LogP contribution is -2.33. The fraction of sp³-hybridized carbons (Fsp3) is 0.533. The lowest BCUT2D eigenvalue weighted by molar-refractivity contribution is 0.0899. The number of rotatable bonds is 5. The quantitative estimate of drug-likeness (QED) is 0.712. The van der Waals surface area contributed by atoms with E-state index in [2.05, 4.69) is 5.32 Å². The highest BCUT2D eigenvalue weighted by Crippen LogP contribution is 2.17. The Morgan fingerprint density at radius 1 is 1.32 bits per heavy atom. The molecule has 0 radical (unpaired) electrons. The van der Waals surface area contributed by atoms with Gasteiger partial charge in [0, 0.05) is 17.8 Å². The molecule has 0 aliphatic heterocycles. The van der Waals surface area contributed by atoms with E-state index in [0.29, 0.717) is 23.6 Å². The van der Waals surface area contributed by atoms with Crippen molar-refractivity contribution < 1.29 is 9.90 Å². The highest BCUT2D eigenvalue weighted by Gasteiger charge is 2.13. The second-order valence-electron chi connectivity index (χ2n) is 5.52. The predicted octanol–water partition coefficient (Wildman–Crippen LogP) is 2.02. The highest BCUT2D eigenvalue weighted by atomic mass is 16.3. The van der Waals surface area contributed by atoms with Crippen LogP contribution >= 0.6 is 0 Å². The lowest BCUT2D eigenvalue weighted by Gasteiger charge is -2.15. The molecule has 0 fully saturated rings. The predicted molar refractivity (Wildman–Crippen MR) is 78.1 cm³/mol. The van der Waals surface area contributed by atoms with Gasteiger partial charge in [-0.15, -0.1) is 0 Å². The van der Waals surface area contributed by atoms with E-state index in [1.807, 2.05) is 33.8 Å². The minimum absolute atomic E-state index is 0.188. The molecule has 4 heteroatoms. The summed E-state index contributed by atoms with van der Waals surface area (Å²) in [5.41, 5.74) is 8.86. The maximum absolute atomic E-state index is 12.0. The van der Waals surface area contributed by atoms with Crippen LogP contribution in [0.2, 0.25) is 0 Å². The van der Waals surface area contributed by atoms with E-state index >= 15 is 0 Å². The average Bonchev–Trinajstić information content (AvgIpc) is 2.30. The van der Waals surface area contributed by atoms with Crippen molar-refractivity contribution in [2.45, 2.75) is 40.2 Å². The van der Waals surface area contributed by atoms with Gasteiger partial charge in [0.05, 0.1) is 6.10 Å². The molecule has 0 saturated heterocycles. The fourth-order valence-electron chi connectivity index (χ4n) is 2.05. The number of carbonyl (C=O) groups excluding carboxylic acids is 1. The zero-order chi connectivity index (χ0) is 14.6. The summed E-state index contributed by atoms with van der Waals surface area (Å²) in [6.45, 7) is 8.14. The molecule has 1 aromatic carbocycles. The summed E-state index contributed by atoms with van der Waals surface area (Å²) >= 11 is 0. The molecule has 106 valence electrons. The van der Waals surface area contributed by atoms with E-state index in [4.69, 9.17) is 5.73 Å². The molecular weight excluding hydrogens is 240 g/mol. The molecule has 1 aromatic rings. The smallest absolute Gasteiger partial charge is 0.251 e. The van der Waals surface area contributed by atoms with Gasteiger partial charge < -0.3 is 16.2 Å². The van der Waals surface area contributed by atoms with Crippen molar-refractivity contribution >= 4 is 11.6 Å². The van der Waals surface area contributed by atoms with Crippen LogP contribution in [0.25, 0.3) is 0 Å². The number of hydrogen-bond donors (Lipinski definition) is 3. The van der Waals surface area contributed by atoms with Crippen LogP contribution in [0.1, 0.15) is 41.8 Å². The molecule has 0 spiro atoms. The third-order valence-corrected chi connectivity index (χ3v) is 3.10. The molecular formula is C15H24N2O2. The van der Waals surface area contributed by atoms with E-state index in [9.17, 15) is 9.90 Å². The highest BCUT2D eigenvalue weighted by molar-refractivity contribution is 5.96. The summed E-state index contributed by atoms with van der Waals surface area (Å²) < 4.78 is 0. The number of aryl methyl sites for hydroxylation is 2. The van der Waals surface area contributed by atoms with Crippen LogP contribution in [0, 0.1) is 19.8 Å². The topological polar surface area (TPSA) is 75.3 Å². The molecule has 1 atom stereocenters. The van der Waals surface area contributed by atoms with Crippen LogP contribution in [0.5, 0.6) is 0 Å². The Kier molecular flexibility index (Phi) is 5.36. The summed E-state index contributed by atoms with van der Waals surface area (Å²) in [4.78, 5) is 12.0. The Morgan fingerprint density at radius 3 is 2.53 bits per heavy atom. The molecule has 19 heavy (non-hydrogen) atoms. The van der Waals surface area contributed by atoms with E-state index < -0.39 is 6.10 Å². The number of benzene rings is 1. The monoisotopic (exact) mass is 264 g/mol. The van der Waals surface area contributed by atoms with Crippen molar-refractivity contribution in [1.82, 2.24) is 5.32 Å². The summed E-state index contributed by atoms with van der Waals surface area (Å²) in [5.74, 6) is 0.218. The Labute approximate surface area is 115 Å². The first-order valence-corrected chi connectivity index (χ1v) is 6.64. The average molecular weight is 264 g/mol. The SMILES string of the molecule is Cc1cc(C)c(C(=O)NCC(O)CC(C)C)cc1N. The number of carbonyl (C=O) groups is 1. The van der Waals surface area contributed by atoms with Crippen LogP contribution < -0.4 is 11.1 Å². The molecule has 1 rings (SSSR count). The number of aliphatic hydroxyl groups is 1. The van der Waals surface area contributed by atoms with Gasteiger partial charge in [-0.25, -0.2) is 0 Å². The number of anilines is 1. The summed E-state index contributed by atoms with van der Waals surface area (Å²) in [6, 6.07) is 3.59. The Hall–Kier alpha value is -1.55. The van der Waals surface area contributed by atoms with Gasteiger partial charge in [-0.2, -0.15) is 0 Å². The molecule has 0 saturated carbocycles. The van der Waals surface area contributed by atoms with Crippen LogP contribution in [0.4, 0.5) is 5.69 Å². The van der Waals surface area contributed by atoms with Crippen molar-refractivity contribution in [2.24, 2.45) is 5.92 Å². The lowest BCUT2D eigenvalue weighted by atomic mass is 10.0. The van der Waals surface area contributed by atoms with E-state index in [1.54, 1.807) is 6.07 Å². The van der Waals surface area contributed by atoms with Crippen LogP contribution in [0.15, 0.2) is 12.1 Å². The maximum Gasteiger partial charge on any atom is 0.251 e. The van der Waals surface area contributed by atoms with Gasteiger partial charge in [0.2, 0.25) is 0 Å². The molecule has 1 unspecified atom stereocenters. The summed E-state index contributed by atoms with van der Waals surface area (Å²) in [5, 5.41) is 12.5. The zero-order valence-corrected chi connectivity index (χ0v) is 12.2. The second-order valence-corrected chi connectivity index (χ2v) is 5.52. The van der Waals surface area contributed by atoms with Crippen LogP contribution in [-0.4, -0.2) is 23.7 Å². The van der Waals surface area contributed by atoms with Gasteiger partial charge in [-0.05, 0) is 43.4 Å². The Bertz CT molecular complexity index is 456. The molecule has 0 heterocycles. The number of nitrogens with one attached hydrogen (secondary N) is 1. The molecule has 0 aliphatic rings. The fourth-order valence-corrected chi connectivity index (χ4v) is 2.05. The van der Waals surface area contributed by atoms with Crippen LogP contribution in [-0.2, 0) is 0 Å². The van der Waals surface area contributed by atoms with Gasteiger partial charge >= 0.3 is 0 Å². The van der Waals surface area contributed by atoms with E-state index in [0.717, 1.165) is 11.1 Å². The Balaban J connectivity index is 2.66. The van der Waals surface area contributed by atoms with E-state index in [1.165, 1.54) is 0 Å². The molecule has 0 bridgehead atoms. The third-order valence-electron chi connectivity index (χ3n) is 3.10. The number of amides is 1. The van der Waals surface area contributed by atoms with Crippen LogP contribution in [0.3, 0.4) is 0 Å². The Morgan fingerprint density at radius 2 is 1.95 bits per heavy atom. The minimum atomic E-state index is -0.507. The van der Waals surface area contributed by atoms with Gasteiger partial charge in [-0.1, -0.05) is 19.9 Å². The number of hydrogen-bond acceptors (Lipinski definition) is 3. The third kappa shape index (κ3) is 4.56. The van der Waals surface area contributed by atoms with Crippen molar-refractivity contribution in [2.75, 3.05) is 12.3 Å². The first kappa shape index (κ1) is 15.5. The van der Waals surface area contributed by atoms with Crippen molar-refractivity contribution in [3.63, 3.8) is 0 Å². The normalized spacial score (nSPS) is 12.5. The maximum atomic E-state index is 12.0. The van der Waals surface area contributed by atoms with Gasteiger partial charge in [-0.3, -0.25) is 4.79 Å². The standard InChI is InChI=1S/C15H24N2O2/c1-9(2)5-12(18)8-17-15(19)13-7-14(16)11(4)6-10(13)3/h6-7,9,12,18H,5,8,16H2,1-4H3,(H,17,19). The minimum Gasteiger partial charge on any atom is -0.398 e. The number of aliphatic hydroxyl groups excluding tert-OH is 1. The zero-order valence-electron chi connectivity index (χ0n) is 12.2. The van der Waals surface area contributed by atoms with Crippen molar-refractivity contribution in [3.8, 4) is 0 Å². The molecule has 1 amide bonds. The molecule has 4 nitrogen and oxygen atoms in total. The number of nitrogen functional groups attached to an aromatic ring is 1. The molecule has 4 N–H and O–H groups in total. The summed E-state index contributed by atoms with van der Waals surface area (Å²) in [6.07, 6.45) is 0.169.